The fourth-order valence-corrected chi connectivity index (χ4v) is 22.6. The molecule has 5 spiro atoms. The Morgan fingerprint density at radius 2 is 0.314 bits per heavy atom. The predicted octanol–water partition coefficient (Wildman–Crippen LogP) is 4.33. The quantitative estimate of drug-likeness (QED) is 0.537. The van der Waals surface area contributed by atoms with E-state index < -0.39 is 0 Å². The van der Waals surface area contributed by atoms with Crippen molar-refractivity contribution in [3.05, 3.63) is 111 Å². The third-order valence-corrected chi connectivity index (χ3v) is 19.6. The van der Waals surface area contributed by atoms with Gasteiger partial charge in [0, 0.05) is 86.3 Å². The SMILES string of the molecule is C12=C3C4C5=C1C1=C6C5C57C8C9=C%10C%11=C%12C9C45C45C3C3=C2C1=C1C3C42C3C(=C%11C4=C3C(C8=C%104)C72C61)C%125. The number of hydrogen-bond acceptors (Lipinski definition) is 0. The molecule has 13 fully saturated rings. The summed E-state index contributed by atoms with van der Waals surface area (Å²) in [5.74, 6) is 9.07. The standard InChI is InChI=1S/C35H10/c1-2-4-5-3(1)13-22-11(1)21-12(2)23-14(4)25-15(5)24(13)34-29-18-8-6-7-9-10(8)20(29)30-19(9)28-17(7)26-16(6)27(18)32(22,34)31(21,26)33(23,28)35(25,30)34/h21-30H. The molecular formula is C35H10. The van der Waals surface area contributed by atoms with Crippen molar-refractivity contribution < 1.29 is 0 Å². The van der Waals surface area contributed by atoms with E-state index in [1.165, 1.54) is 0 Å². The molecule has 0 heterocycles. The van der Waals surface area contributed by atoms with Gasteiger partial charge in [0.2, 0.25) is 0 Å². The lowest BCUT2D eigenvalue weighted by atomic mass is 9.52. The Balaban J connectivity index is 1.31. The minimum atomic E-state index is 0.634. The molecule has 13 saturated carbocycles. The molecule has 0 aliphatic heterocycles. The van der Waals surface area contributed by atoms with Crippen molar-refractivity contribution in [2.45, 2.75) is 0 Å². The summed E-state index contributed by atoms with van der Waals surface area (Å²) in [6.07, 6.45) is 0. The van der Waals surface area contributed by atoms with Crippen LogP contribution in [0.15, 0.2) is 111 Å². The average Bonchev–Trinajstić information content (AvgIpc) is 3.56. The highest BCUT2D eigenvalue weighted by Crippen LogP contribution is 3.23. The molecule has 23 rings (SSSR count). The number of hydrogen-bond donors (Lipinski definition) is 0. The fourth-order valence-electron chi connectivity index (χ4n) is 22.6. The van der Waals surface area contributed by atoms with E-state index >= 15 is 0 Å². The summed E-state index contributed by atoms with van der Waals surface area (Å²) >= 11 is 0. The second-order valence-electron chi connectivity index (χ2n) is 17.0. The summed E-state index contributed by atoms with van der Waals surface area (Å²) in [4.78, 5) is 0. The summed E-state index contributed by atoms with van der Waals surface area (Å²) in [6, 6.07) is 0. The first-order valence-electron chi connectivity index (χ1n) is 14.9. The smallest absolute Gasteiger partial charge is 0.0116 e. The summed E-state index contributed by atoms with van der Waals surface area (Å²) in [7, 11) is 0. The van der Waals surface area contributed by atoms with E-state index in [-0.39, 0.29) is 0 Å². The highest BCUT2D eigenvalue weighted by Gasteiger charge is 3.19. The zero-order valence-electron chi connectivity index (χ0n) is 18.3. The Morgan fingerprint density at radius 1 is 0.200 bits per heavy atom. The zero-order valence-corrected chi connectivity index (χ0v) is 18.3. The number of rotatable bonds is 0. The van der Waals surface area contributed by atoms with Crippen LogP contribution in [0.4, 0.5) is 0 Å². The topological polar surface area (TPSA) is 0 Å². The van der Waals surface area contributed by atoms with Crippen LogP contribution in [0.5, 0.6) is 0 Å². The molecule has 0 aromatic carbocycles. The Morgan fingerprint density at radius 3 is 0.429 bits per heavy atom. The average molecular weight is 430 g/mol. The molecule has 0 aromatic rings. The first kappa shape index (κ1) is 11.6. The van der Waals surface area contributed by atoms with E-state index in [0.29, 0.717) is 27.1 Å². The van der Waals surface area contributed by atoms with Gasteiger partial charge in [-0.25, -0.2) is 0 Å². The molecule has 23 aliphatic carbocycles. The number of allylic oxidation sites excluding steroid dienone is 20. The van der Waals surface area contributed by atoms with Gasteiger partial charge in [-0.15, -0.1) is 0 Å². The van der Waals surface area contributed by atoms with Gasteiger partial charge < -0.3 is 0 Å². The van der Waals surface area contributed by atoms with E-state index in [1.54, 1.807) is 0 Å². The molecule has 0 saturated heterocycles. The van der Waals surface area contributed by atoms with Gasteiger partial charge in [-0.1, -0.05) is 0 Å². The maximum Gasteiger partial charge on any atom is 0.0116 e. The van der Waals surface area contributed by atoms with Crippen LogP contribution in [0.2, 0.25) is 0 Å². The molecule has 0 N–H and O–H groups in total. The van der Waals surface area contributed by atoms with E-state index in [1.807, 2.05) is 55.7 Å². The Hall–Kier alpha value is -2.60. The predicted molar refractivity (Wildman–Crippen MR) is 117 cm³/mol. The minimum absolute atomic E-state index is 0.634. The molecule has 0 bridgehead atoms. The Labute approximate surface area is 197 Å². The molecule has 0 nitrogen and oxygen atoms in total. The van der Waals surface area contributed by atoms with Gasteiger partial charge in [0.1, 0.15) is 0 Å². The summed E-state index contributed by atoms with van der Waals surface area (Å²) in [6.45, 7) is 0. The largest absolute Gasteiger partial charge is 0.0460 e. The van der Waals surface area contributed by atoms with Crippen molar-refractivity contribution in [2.24, 2.45) is 86.3 Å². The summed E-state index contributed by atoms with van der Waals surface area (Å²) < 4.78 is 0. The van der Waals surface area contributed by atoms with E-state index in [4.69, 9.17) is 0 Å². The van der Waals surface area contributed by atoms with Crippen LogP contribution < -0.4 is 0 Å². The van der Waals surface area contributed by atoms with Crippen LogP contribution in [0.3, 0.4) is 0 Å². The second-order valence-corrected chi connectivity index (χ2v) is 17.0. The van der Waals surface area contributed by atoms with Gasteiger partial charge in [-0.3, -0.25) is 0 Å². The van der Waals surface area contributed by atoms with Crippen LogP contribution in [0.25, 0.3) is 0 Å². The van der Waals surface area contributed by atoms with Gasteiger partial charge in [-0.2, -0.15) is 0 Å². The van der Waals surface area contributed by atoms with E-state index in [0.717, 1.165) is 59.2 Å². The molecule has 23 aliphatic rings. The lowest BCUT2D eigenvalue weighted by molar-refractivity contribution is -0.0338. The molecule has 0 amide bonds. The van der Waals surface area contributed by atoms with Crippen molar-refractivity contribution in [1.29, 1.82) is 0 Å². The first-order valence-corrected chi connectivity index (χ1v) is 14.9. The second kappa shape index (κ2) is 2.11. The first-order chi connectivity index (χ1) is 17.5. The van der Waals surface area contributed by atoms with Crippen molar-refractivity contribution in [1.82, 2.24) is 0 Å². The molecule has 0 unspecified atom stereocenters. The van der Waals surface area contributed by atoms with Crippen molar-refractivity contribution in [2.75, 3.05) is 0 Å². The minimum Gasteiger partial charge on any atom is -0.0460 e. The lowest BCUT2D eigenvalue weighted by Gasteiger charge is -2.48. The molecule has 150 valence electrons. The van der Waals surface area contributed by atoms with E-state index in [2.05, 4.69) is 55.7 Å². The molecule has 35 heavy (non-hydrogen) atoms. The van der Waals surface area contributed by atoms with Crippen LogP contribution in [-0.2, 0) is 0 Å². The molecule has 0 aromatic heterocycles. The summed E-state index contributed by atoms with van der Waals surface area (Å²) in [5.41, 5.74) is 43.8. The third kappa shape index (κ3) is 0.394. The van der Waals surface area contributed by atoms with Crippen molar-refractivity contribution in [3.8, 4) is 0 Å². The van der Waals surface area contributed by atoms with Crippen molar-refractivity contribution >= 4 is 0 Å². The Bertz CT molecular complexity index is 1760. The highest BCUT2D eigenvalue weighted by atomic mass is 15.2. The normalized spacial score (nSPS) is 78.9. The lowest BCUT2D eigenvalue weighted by Crippen LogP contribution is -2.48. The van der Waals surface area contributed by atoms with Crippen LogP contribution >= 0.6 is 0 Å². The van der Waals surface area contributed by atoms with Gasteiger partial charge in [-0.05, 0) is 111 Å². The van der Waals surface area contributed by atoms with E-state index in [9.17, 15) is 0 Å². The van der Waals surface area contributed by atoms with Gasteiger partial charge in [0.15, 0.2) is 0 Å². The third-order valence-electron chi connectivity index (χ3n) is 19.6. The highest BCUT2D eigenvalue weighted by molar-refractivity contribution is 6.10. The van der Waals surface area contributed by atoms with Crippen molar-refractivity contribution in [3.63, 3.8) is 0 Å². The molecule has 0 radical (unpaired) electrons. The van der Waals surface area contributed by atoms with Crippen LogP contribution in [-0.4, -0.2) is 0 Å². The van der Waals surface area contributed by atoms with Gasteiger partial charge in [0.25, 0.3) is 0 Å². The maximum atomic E-state index is 2.12. The zero-order chi connectivity index (χ0) is 19.8. The maximum absolute atomic E-state index is 2.12. The molecular weight excluding hydrogens is 420 g/mol. The van der Waals surface area contributed by atoms with Crippen LogP contribution in [0, 0.1) is 86.3 Å². The van der Waals surface area contributed by atoms with Crippen LogP contribution in [0.1, 0.15) is 0 Å². The fraction of sp³-hybridized carbons (Fsp3) is 0.429. The molecule has 0 heteroatoms. The Kier molecular flexibility index (Phi) is 0.700. The molecule has 0 atom stereocenters. The summed E-state index contributed by atoms with van der Waals surface area (Å²) in [5, 5.41) is 0. The van der Waals surface area contributed by atoms with Gasteiger partial charge in [0.05, 0.1) is 0 Å². The monoisotopic (exact) mass is 430 g/mol. The van der Waals surface area contributed by atoms with Gasteiger partial charge >= 0.3 is 0 Å².